The van der Waals surface area contributed by atoms with E-state index < -0.39 is 0 Å². The Bertz CT molecular complexity index is 1050. The van der Waals surface area contributed by atoms with Crippen LogP contribution in [-0.4, -0.2) is 16.2 Å². The molecule has 0 fully saturated rings. The lowest BCUT2D eigenvalue weighted by molar-refractivity contribution is -0.739. The van der Waals surface area contributed by atoms with E-state index >= 15 is 0 Å². The van der Waals surface area contributed by atoms with Gasteiger partial charge in [-0.2, -0.15) is 0 Å². The number of amides is 1. The standard InChI is InChI=1S/C20H25N5O2S/c1-5-20(2,3)12-6-7-14-11(8-12)9-13-16(21)17(28-19(13)22-14)18(26)23-15-10-25(4)24-27-15/h9-10,12H,5-8H2,1-4H3,(H2-,21,23,24,26)/p+1. The fourth-order valence-corrected chi connectivity index (χ4v) is 4.86. The predicted molar refractivity (Wildman–Crippen MR) is 109 cm³/mol. The van der Waals surface area contributed by atoms with Crippen LogP contribution in [0.4, 0.5) is 11.6 Å². The summed E-state index contributed by atoms with van der Waals surface area (Å²) in [6.07, 6.45) is 5.90. The van der Waals surface area contributed by atoms with Crippen molar-refractivity contribution in [3.05, 3.63) is 28.4 Å². The maximum atomic E-state index is 12.7. The van der Waals surface area contributed by atoms with Crippen LogP contribution in [0.25, 0.3) is 10.2 Å². The van der Waals surface area contributed by atoms with Gasteiger partial charge in [0.05, 0.1) is 5.69 Å². The predicted octanol–water partition coefficient (Wildman–Crippen LogP) is 3.48. The number of hydrogen-bond donors (Lipinski definition) is 2. The summed E-state index contributed by atoms with van der Waals surface area (Å²) >= 11 is 1.32. The molecule has 3 aromatic heterocycles. The molecule has 0 spiro atoms. The Balaban J connectivity index is 1.66. The van der Waals surface area contributed by atoms with E-state index in [1.807, 2.05) is 0 Å². The highest BCUT2D eigenvalue weighted by atomic mass is 32.1. The zero-order valence-electron chi connectivity index (χ0n) is 16.7. The monoisotopic (exact) mass is 400 g/mol. The van der Waals surface area contributed by atoms with Crippen molar-refractivity contribution in [3.63, 3.8) is 0 Å². The number of thiophene rings is 1. The molecular weight excluding hydrogens is 374 g/mol. The molecule has 1 aliphatic carbocycles. The van der Waals surface area contributed by atoms with E-state index in [1.165, 1.54) is 21.6 Å². The van der Waals surface area contributed by atoms with Crippen molar-refractivity contribution in [2.45, 2.75) is 46.5 Å². The quantitative estimate of drug-likeness (QED) is 0.653. The van der Waals surface area contributed by atoms with E-state index in [9.17, 15) is 4.79 Å². The van der Waals surface area contributed by atoms with Gasteiger partial charge < -0.3 is 5.73 Å². The third-order valence-corrected chi connectivity index (χ3v) is 7.23. The molecule has 0 aromatic carbocycles. The van der Waals surface area contributed by atoms with E-state index in [2.05, 4.69) is 37.4 Å². The number of nitrogens with one attached hydrogen (secondary N) is 1. The highest BCUT2D eigenvalue weighted by Gasteiger charge is 2.32. The van der Waals surface area contributed by atoms with E-state index in [-0.39, 0.29) is 11.8 Å². The first-order valence-electron chi connectivity index (χ1n) is 9.63. The Labute approximate surface area is 167 Å². The molecule has 0 aliphatic heterocycles. The minimum atomic E-state index is -0.305. The van der Waals surface area contributed by atoms with E-state index in [1.54, 1.807) is 13.2 Å². The van der Waals surface area contributed by atoms with Crippen molar-refractivity contribution in [2.24, 2.45) is 18.4 Å². The smallest absolute Gasteiger partial charge is 0.302 e. The second-order valence-corrected chi connectivity index (χ2v) is 9.27. The highest BCUT2D eigenvalue weighted by molar-refractivity contribution is 7.21. The molecule has 1 atom stereocenters. The maximum absolute atomic E-state index is 12.7. The fourth-order valence-electron chi connectivity index (χ4n) is 3.86. The van der Waals surface area contributed by atoms with Crippen LogP contribution in [0.5, 0.6) is 0 Å². The van der Waals surface area contributed by atoms with Gasteiger partial charge in [0.2, 0.25) is 0 Å². The van der Waals surface area contributed by atoms with Crippen molar-refractivity contribution in [2.75, 3.05) is 11.1 Å². The average Bonchev–Trinajstić information content (AvgIpc) is 3.22. The van der Waals surface area contributed by atoms with Gasteiger partial charge in [0, 0.05) is 11.1 Å². The molecule has 0 bridgehead atoms. The lowest BCUT2D eigenvalue weighted by Gasteiger charge is -2.36. The number of aromatic nitrogens is 3. The van der Waals surface area contributed by atoms with Gasteiger partial charge in [0.25, 0.3) is 12.1 Å². The van der Waals surface area contributed by atoms with Crippen molar-refractivity contribution in [1.29, 1.82) is 0 Å². The average molecular weight is 401 g/mol. The van der Waals surface area contributed by atoms with Gasteiger partial charge in [-0.25, -0.2) is 4.98 Å². The van der Waals surface area contributed by atoms with E-state index in [0.29, 0.717) is 21.9 Å². The second kappa shape index (κ2) is 6.84. The van der Waals surface area contributed by atoms with Crippen LogP contribution >= 0.6 is 11.3 Å². The second-order valence-electron chi connectivity index (χ2n) is 8.27. The van der Waals surface area contributed by atoms with E-state index in [4.69, 9.17) is 15.2 Å². The Kier molecular flexibility index (Phi) is 4.61. The first-order chi connectivity index (χ1) is 13.3. The minimum absolute atomic E-state index is 0.279. The Morgan fingerprint density at radius 3 is 2.96 bits per heavy atom. The van der Waals surface area contributed by atoms with Crippen molar-refractivity contribution in [3.8, 4) is 0 Å². The third kappa shape index (κ3) is 3.26. The number of carbonyl (C=O) groups is 1. The number of rotatable bonds is 4. The van der Waals surface area contributed by atoms with Crippen LogP contribution in [0, 0.1) is 11.3 Å². The van der Waals surface area contributed by atoms with Gasteiger partial charge in [0.1, 0.15) is 9.71 Å². The van der Waals surface area contributed by atoms with E-state index in [0.717, 1.165) is 41.6 Å². The number of nitrogens with two attached hydrogens (primary N) is 1. The van der Waals surface area contributed by atoms with Crippen molar-refractivity contribution in [1.82, 2.24) is 10.3 Å². The molecule has 0 saturated heterocycles. The fraction of sp³-hybridized carbons (Fsp3) is 0.500. The Morgan fingerprint density at radius 1 is 1.50 bits per heavy atom. The van der Waals surface area contributed by atoms with Crippen LogP contribution < -0.4 is 15.7 Å². The molecule has 7 nitrogen and oxygen atoms in total. The summed E-state index contributed by atoms with van der Waals surface area (Å²) in [5.74, 6) is 0.612. The minimum Gasteiger partial charge on any atom is -0.397 e. The zero-order chi connectivity index (χ0) is 20.1. The Hall–Kier alpha value is -2.48. The van der Waals surface area contributed by atoms with Gasteiger partial charge in [-0.1, -0.05) is 31.9 Å². The van der Waals surface area contributed by atoms with Crippen LogP contribution in [0.1, 0.15) is 54.5 Å². The highest BCUT2D eigenvalue weighted by Crippen LogP contribution is 2.42. The molecule has 28 heavy (non-hydrogen) atoms. The van der Waals surface area contributed by atoms with Crippen LogP contribution in [0.15, 0.2) is 16.8 Å². The molecule has 8 heteroatoms. The molecule has 0 saturated carbocycles. The maximum Gasteiger partial charge on any atom is 0.302 e. The molecule has 3 aromatic rings. The first-order valence-corrected chi connectivity index (χ1v) is 10.4. The van der Waals surface area contributed by atoms with Gasteiger partial charge in [-0.05, 0) is 42.2 Å². The first kappa shape index (κ1) is 18.9. The summed E-state index contributed by atoms with van der Waals surface area (Å²) in [6, 6.07) is 2.15. The zero-order valence-corrected chi connectivity index (χ0v) is 17.5. The topological polar surface area (TPSA) is 97.9 Å². The summed E-state index contributed by atoms with van der Waals surface area (Å²) in [4.78, 5) is 18.8. The number of nitrogens with zero attached hydrogens (tertiary/aromatic N) is 3. The molecule has 0 radical (unpaired) electrons. The van der Waals surface area contributed by atoms with Gasteiger partial charge >= 0.3 is 5.88 Å². The van der Waals surface area contributed by atoms with Crippen LogP contribution in [0.2, 0.25) is 0 Å². The van der Waals surface area contributed by atoms with Gasteiger partial charge in [-0.3, -0.25) is 14.6 Å². The normalized spacial score (nSPS) is 16.9. The molecular formula is C20H26N5O2S+. The molecule has 148 valence electrons. The molecule has 4 rings (SSSR count). The lowest BCUT2D eigenvalue weighted by Crippen LogP contribution is -2.29. The summed E-state index contributed by atoms with van der Waals surface area (Å²) < 4.78 is 6.51. The van der Waals surface area contributed by atoms with Crippen molar-refractivity contribution >= 4 is 39.0 Å². The van der Waals surface area contributed by atoms with Crippen molar-refractivity contribution < 1.29 is 14.0 Å². The number of carbonyl (C=O) groups excluding carboxylic acids is 1. The number of hydrogen-bond acceptors (Lipinski definition) is 6. The lowest BCUT2D eigenvalue weighted by atomic mass is 9.69. The number of fused-ring (bicyclic) bond motifs is 2. The molecule has 1 aliphatic rings. The number of anilines is 2. The summed E-state index contributed by atoms with van der Waals surface area (Å²) in [5, 5.41) is 7.27. The summed E-state index contributed by atoms with van der Waals surface area (Å²) in [6.45, 7) is 6.95. The summed E-state index contributed by atoms with van der Waals surface area (Å²) in [5.41, 5.74) is 9.54. The number of aryl methyl sites for hydroxylation is 2. The third-order valence-electron chi connectivity index (χ3n) is 6.12. The van der Waals surface area contributed by atoms with Gasteiger partial charge in [0.15, 0.2) is 12.3 Å². The summed E-state index contributed by atoms with van der Waals surface area (Å²) in [7, 11) is 1.72. The number of nitrogen functional groups attached to an aromatic ring is 1. The van der Waals surface area contributed by atoms with Gasteiger partial charge in [-0.15, -0.1) is 11.3 Å². The molecule has 1 amide bonds. The van der Waals surface area contributed by atoms with Crippen LogP contribution in [0.3, 0.4) is 0 Å². The molecule has 3 N–H and O–H groups in total. The SMILES string of the molecule is CCC(C)(C)C1CCc2nc3sc(C(=O)Nc4c[n+](C)no4)c(N)c3cc2C1. The number of pyridine rings is 1. The van der Waals surface area contributed by atoms with Crippen LogP contribution in [-0.2, 0) is 19.9 Å². The largest absolute Gasteiger partial charge is 0.397 e. The molecule has 3 heterocycles. The Morgan fingerprint density at radius 2 is 2.29 bits per heavy atom. The molecule has 1 unspecified atom stereocenters.